The van der Waals surface area contributed by atoms with Crippen molar-refractivity contribution in [2.24, 2.45) is 11.8 Å². The minimum absolute atomic E-state index is 0.0632. The van der Waals surface area contributed by atoms with Gasteiger partial charge in [0.1, 0.15) is 13.2 Å². The van der Waals surface area contributed by atoms with Gasteiger partial charge in [-0.15, -0.1) is 0 Å². The average Bonchev–Trinajstić information content (AvgIpc) is 3.23. The predicted molar refractivity (Wildman–Crippen MR) is 261 cm³/mol. The van der Waals surface area contributed by atoms with Gasteiger partial charge in [0.2, 0.25) is 0 Å². The zero-order chi connectivity index (χ0) is 44.7. The van der Waals surface area contributed by atoms with Gasteiger partial charge in [0.25, 0.3) is 0 Å². The van der Waals surface area contributed by atoms with Gasteiger partial charge in [0.05, 0.1) is 0 Å². The van der Waals surface area contributed by atoms with Crippen LogP contribution >= 0.6 is 0 Å². The molecule has 0 bridgehead atoms. The molecule has 6 nitrogen and oxygen atoms in total. The minimum atomic E-state index is -0.762. The fourth-order valence-electron chi connectivity index (χ4n) is 8.34. The van der Waals surface area contributed by atoms with Crippen LogP contribution in [0.2, 0.25) is 0 Å². The highest BCUT2D eigenvalue weighted by molar-refractivity contribution is 5.71. The normalized spacial score (nSPS) is 12.0. The summed E-state index contributed by atoms with van der Waals surface area (Å²) in [4.78, 5) is 38.0. The molecule has 0 saturated heterocycles. The van der Waals surface area contributed by atoms with Crippen molar-refractivity contribution in [2.75, 3.05) is 13.2 Å². The maximum absolute atomic E-state index is 12.8. The highest BCUT2D eigenvalue weighted by Crippen LogP contribution is 2.18. The molecule has 0 aromatic rings. The maximum Gasteiger partial charge on any atom is 0.306 e. The molecule has 0 rings (SSSR count). The van der Waals surface area contributed by atoms with Crippen LogP contribution in [0.3, 0.4) is 0 Å². The van der Waals surface area contributed by atoms with Crippen molar-refractivity contribution in [1.29, 1.82) is 0 Å². The molecule has 6 heteroatoms. The molecule has 0 saturated carbocycles. The predicted octanol–water partition coefficient (Wildman–Crippen LogP) is 17.7. The monoisotopic (exact) mass is 863 g/mol. The smallest absolute Gasteiger partial charge is 0.306 e. The molecule has 0 aromatic heterocycles. The Kier molecular flexibility index (Phi) is 46.6. The van der Waals surface area contributed by atoms with E-state index in [2.05, 4.69) is 34.6 Å². The number of esters is 3. The summed E-state index contributed by atoms with van der Waals surface area (Å²) in [6.45, 7) is 11.4. The zero-order valence-electron chi connectivity index (χ0n) is 41.8. The summed E-state index contributed by atoms with van der Waals surface area (Å²) in [6.07, 6.45) is 49.4. The number of hydrogen-bond acceptors (Lipinski definition) is 6. The Morgan fingerprint density at radius 2 is 0.541 bits per heavy atom. The Hall–Kier alpha value is -1.59. The van der Waals surface area contributed by atoms with Crippen LogP contribution in [0.25, 0.3) is 0 Å². The lowest BCUT2D eigenvalue weighted by Crippen LogP contribution is -2.30. The number of carbonyl (C=O) groups is 3. The first-order valence-corrected chi connectivity index (χ1v) is 27.2. The lowest BCUT2D eigenvalue weighted by molar-refractivity contribution is -0.167. The Morgan fingerprint density at radius 1 is 0.311 bits per heavy atom. The van der Waals surface area contributed by atoms with E-state index >= 15 is 0 Å². The van der Waals surface area contributed by atoms with Crippen molar-refractivity contribution in [1.82, 2.24) is 0 Å². The van der Waals surface area contributed by atoms with E-state index in [-0.39, 0.29) is 31.1 Å². The Balaban J connectivity index is 4.30. The molecular formula is C55H106O6. The van der Waals surface area contributed by atoms with Crippen LogP contribution in [0.5, 0.6) is 0 Å². The summed E-state index contributed by atoms with van der Waals surface area (Å²) in [5.41, 5.74) is 0. The fourth-order valence-corrected chi connectivity index (χ4v) is 8.34. The van der Waals surface area contributed by atoms with Gasteiger partial charge in [-0.05, 0) is 31.1 Å². The van der Waals surface area contributed by atoms with Gasteiger partial charge in [-0.1, -0.05) is 266 Å². The SMILES string of the molecule is CCCCCCCCCCCCCCCC(=O)OC[C@H](COC(=O)CCCCCCCCCCCCC(C)C)OC(=O)CCCCCCCCCCCCCCCCC(C)C. The fraction of sp³-hybridized carbons (Fsp3) is 0.945. The van der Waals surface area contributed by atoms with Crippen molar-refractivity contribution >= 4 is 17.9 Å². The summed E-state index contributed by atoms with van der Waals surface area (Å²) < 4.78 is 16.8. The summed E-state index contributed by atoms with van der Waals surface area (Å²) in [5.74, 6) is 0.818. The molecule has 0 aliphatic rings. The van der Waals surface area contributed by atoms with Gasteiger partial charge in [0.15, 0.2) is 6.10 Å². The van der Waals surface area contributed by atoms with E-state index in [1.807, 2.05) is 0 Å². The van der Waals surface area contributed by atoms with Crippen LogP contribution < -0.4 is 0 Å². The van der Waals surface area contributed by atoms with Crippen LogP contribution in [-0.4, -0.2) is 37.2 Å². The van der Waals surface area contributed by atoms with E-state index in [4.69, 9.17) is 14.2 Å². The van der Waals surface area contributed by atoms with Crippen LogP contribution in [0, 0.1) is 11.8 Å². The van der Waals surface area contributed by atoms with E-state index < -0.39 is 6.10 Å². The van der Waals surface area contributed by atoms with Crippen molar-refractivity contribution < 1.29 is 28.6 Å². The molecule has 362 valence electrons. The Bertz CT molecular complexity index is 931. The van der Waals surface area contributed by atoms with E-state index in [1.54, 1.807) is 0 Å². The molecule has 0 fully saturated rings. The highest BCUT2D eigenvalue weighted by Gasteiger charge is 2.19. The van der Waals surface area contributed by atoms with Crippen LogP contribution in [0.4, 0.5) is 0 Å². The lowest BCUT2D eigenvalue weighted by atomic mass is 10.0. The van der Waals surface area contributed by atoms with Crippen molar-refractivity contribution in [3.63, 3.8) is 0 Å². The second kappa shape index (κ2) is 47.9. The molecule has 0 spiro atoms. The quantitative estimate of drug-likeness (QED) is 0.0344. The van der Waals surface area contributed by atoms with Crippen LogP contribution in [0.15, 0.2) is 0 Å². The van der Waals surface area contributed by atoms with Gasteiger partial charge in [-0.3, -0.25) is 14.4 Å². The third kappa shape index (κ3) is 49.3. The first-order valence-electron chi connectivity index (χ1n) is 27.2. The van der Waals surface area contributed by atoms with Crippen molar-refractivity contribution in [3.05, 3.63) is 0 Å². The highest BCUT2D eigenvalue weighted by atomic mass is 16.6. The van der Waals surface area contributed by atoms with Crippen molar-refractivity contribution in [2.45, 2.75) is 310 Å². The minimum Gasteiger partial charge on any atom is -0.462 e. The molecule has 1 atom stereocenters. The molecule has 0 unspecified atom stereocenters. The summed E-state index contributed by atoms with van der Waals surface area (Å²) >= 11 is 0. The molecule has 0 heterocycles. The van der Waals surface area contributed by atoms with Crippen LogP contribution in [0.1, 0.15) is 304 Å². The number of rotatable bonds is 49. The van der Waals surface area contributed by atoms with Crippen molar-refractivity contribution in [3.8, 4) is 0 Å². The number of hydrogen-bond donors (Lipinski definition) is 0. The largest absolute Gasteiger partial charge is 0.462 e. The lowest BCUT2D eigenvalue weighted by Gasteiger charge is -2.18. The second-order valence-electron chi connectivity index (χ2n) is 19.8. The third-order valence-corrected chi connectivity index (χ3v) is 12.5. The topological polar surface area (TPSA) is 78.9 Å². The standard InChI is InChI=1S/C55H106O6/c1-6-7-8-9-10-11-12-15-19-25-30-35-40-45-53(56)59-48-52(49-60-54(57)46-41-36-31-26-22-21-24-29-34-39-44-51(4)5)61-55(58)47-42-37-32-27-20-17-14-13-16-18-23-28-33-38-43-50(2)3/h50-52H,6-49H2,1-5H3/t52-/m1/s1. The number of ether oxygens (including phenoxy) is 3. The molecule has 0 aliphatic carbocycles. The average molecular weight is 863 g/mol. The van der Waals surface area contributed by atoms with Gasteiger partial charge in [0, 0.05) is 19.3 Å². The van der Waals surface area contributed by atoms with Gasteiger partial charge in [-0.25, -0.2) is 0 Å². The van der Waals surface area contributed by atoms with E-state index in [9.17, 15) is 14.4 Å². The summed E-state index contributed by atoms with van der Waals surface area (Å²) in [6, 6.07) is 0. The molecule has 0 N–H and O–H groups in total. The first-order chi connectivity index (χ1) is 29.7. The number of carbonyl (C=O) groups excluding carboxylic acids is 3. The molecule has 0 aliphatic heterocycles. The van der Waals surface area contributed by atoms with E-state index in [0.29, 0.717) is 19.3 Å². The van der Waals surface area contributed by atoms with Gasteiger partial charge in [-0.2, -0.15) is 0 Å². The second-order valence-corrected chi connectivity index (χ2v) is 19.8. The summed E-state index contributed by atoms with van der Waals surface area (Å²) in [7, 11) is 0. The molecule has 0 amide bonds. The third-order valence-electron chi connectivity index (χ3n) is 12.5. The molecule has 0 radical (unpaired) electrons. The van der Waals surface area contributed by atoms with Gasteiger partial charge < -0.3 is 14.2 Å². The zero-order valence-corrected chi connectivity index (χ0v) is 41.8. The van der Waals surface area contributed by atoms with Gasteiger partial charge >= 0.3 is 17.9 Å². The maximum atomic E-state index is 12.8. The molecule has 61 heavy (non-hydrogen) atoms. The Morgan fingerprint density at radius 3 is 0.803 bits per heavy atom. The van der Waals surface area contributed by atoms with E-state index in [0.717, 1.165) is 69.6 Å². The summed E-state index contributed by atoms with van der Waals surface area (Å²) in [5, 5.41) is 0. The number of unbranched alkanes of at least 4 members (excludes halogenated alkanes) is 34. The first kappa shape index (κ1) is 59.4. The van der Waals surface area contributed by atoms with E-state index in [1.165, 1.54) is 193 Å². The Labute approximate surface area is 380 Å². The molecular weight excluding hydrogens is 757 g/mol. The van der Waals surface area contributed by atoms with Crippen LogP contribution in [-0.2, 0) is 28.6 Å². The molecule has 0 aromatic carbocycles.